The fourth-order valence-electron chi connectivity index (χ4n) is 5.25. The molecule has 0 aliphatic carbocycles. The molecule has 0 N–H and O–H groups in total. The molecule has 0 saturated carbocycles. The molecule has 258 valence electrons. The summed E-state index contributed by atoms with van der Waals surface area (Å²) in [7, 11) is -5.17. The molecule has 0 unspecified atom stereocenters. The molecule has 0 aromatic rings. The molecule has 9 heteroatoms. The summed E-state index contributed by atoms with van der Waals surface area (Å²) in [5.41, 5.74) is 0. The van der Waals surface area contributed by atoms with Crippen molar-refractivity contribution in [1.82, 2.24) is 0 Å². The third-order valence-corrected chi connectivity index (χ3v) is 7.90. The van der Waals surface area contributed by atoms with Crippen LogP contribution in [0.5, 0.6) is 0 Å². The molecule has 0 spiro atoms. The van der Waals surface area contributed by atoms with Crippen LogP contribution in [-0.2, 0) is 19.9 Å². The van der Waals surface area contributed by atoms with Gasteiger partial charge in [0.1, 0.15) is 0 Å². The number of esters is 1. The van der Waals surface area contributed by atoms with Gasteiger partial charge in [-0.15, -0.1) is 0 Å². The van der Waals surface area contributed by atoms with Gasteiger partial charge in [0.2, 0.25) is 0 Å². The van der Waals surface area contributed by atoms with Crippen molar-refractivity contribution in [3.8, 4) is 0 Å². The predicted molar refractivity (Wildman–Crippen MR) is 180 cm³/mol. The maximum absolute atomic E-state index is 11.9. The summed E-state index contributed by atoms with van der Waals surface area (Å²) >= 11 is 0. The largest absolute Gasteiger partial charge is 1.00 e. The Morgan fingerprint density at radius 1 is 0.489 bits per heavy atom. The Kier molecular flexibility index (Phi) is 53.0. The van der Waals surface area contributed by atoms with Gasteiger partial charge in [0, 0.05) is 16.8 Å². The molecule has 0 aromatic carbocycles. The summed E-state index contributed by atoms with van der Waals surface area (Å²) < 4.78 is 39.5. The zero-order valence-corrected chi connectivity index (χ0v) is 35.2. The van der Waals surface area contributed by atoms with E-state index in [9.17, 15) is 4.79 Å². The minimum Gasteiger partial charge on any atom is -0.759 e. The van der Waals surface area contributed by atoms with Crippen molar-refractivity contribution in [2.45, 2.75) is 206 Å². The van der Waals surface area contributed by atoms with Crippen LogP contribution in [-0.4, -0.2) is 30.1 Å². The van der Waals surface area contributed by atoms with E-state index in [0.717, 1.165) is 12.8 Å². The van der Waals surface area contributed by atoms with E-state index in [1.54, 1.807) is 0 Å². The number of carbonyl (C=O) groups excluding carboxylic acids is 1. The minimum absolute atomic E-state index is 0. The van der Waals surface area contributed by atoms with Crippen molar-refractivity contribution in [2.24, 2.45) is 0 Å². The van der Waals surface area contributed by atoms with Crippen LogP contribution in [0.15, 0.2) is 12.2 Å². The second-order valence-corrected chi connectivity index (χ2v) is 13.1. The van der Waals surface area contributed by atoms with E-state index < -0.39 is 10.4 Å². The molecular weight excluding hydrogens is 606 g/mol. The zero-order chi connectivity index (χ0) is 32.1. The SMILES string of the molecule is CCCCCCCCC=CCCCCCCCCOC(=O)CCCCCCCCCCCCCCCCC.O=S(=O)([O-])[O-].[Na+].[Na+]. The summed E-state index contributed by atoms with van der Waals surface area (Å²) in [6.45, 7) is 5.19. The Morgan fingerprint density at radius 2 is 0.756 bits per heavy atom. The van der Waals surface area contributed by atoms with Crippen molar-refractivity contribution in [3.05, 3.63) is 12.2 Å². The summed E-state index contributed by atoms with van der Waals surface area (Å²) in [6, 6.07) is 0. The second-order valence-electron chi connectivity index (χ2n) is 12.3. The fraction of sp³-hybridized carbons (Fsp3) is 0.917. The van der Waals surface area contributed by atoms with Crippen molar-refractivity contribution < 1.29 is 86.2 Å². The monoisotopic (exact) mass is 676 g/mol. The summed E-state index contributed by atoms with van der Waals surface area (Å²) in [6.07, 6.45) is 44.1. The molecule has 0 heterocycles. The third kappa shape index (κ3) is 60.8. The van der Waals surface area contributed by atoms with Gasteiger partial charge >= 0.3 is 65.1 Å². The van der Waals surface area contributed by atoms with E-state index in [1.807, 2.05) is 0 Å². The van der Waals surface area contributed by atoms with Crippen LogP contribution in [0.2, 0.25) is 0 Å². The van der Waals surface area contributed by atoms with E-state index in [-0.39, 0.29) is 65.1 Å². The van der Waals surface area contributed by atoms with Gasteiger partial charge in [-0.2, -0.15) is 0 Å². The first-order valence-corrected chi connectivity index (χ1v) is 19.6. The standard InChI is InChI=1S/C36H70O2.2Na.H2O4S/c1-3-5-7-9-11-13-15-17-19-21-23-25-27-29-31-33-35-38-36(37)34-32-30-28-26-24-22-20-18-16-14-12-10-8-6-4-2;;;1-5(2,3)4/h17,19H,3-16,18,20-35H2,1-2H3;;;(H2,1,2,3,4)/q;2*+1;/p-2. The van der Waals surface area contributed by atoms with Gasteiger partial charge in [-0.3, -0.25) is 13.2 Å². The van der Waals surface area contributed by atoms with E-state index in [4.69, 9.17) is 22.3 Å². The molecule has 0 fully saturated rings. The molecule has 0 saturated heterocycles. The fourth-order valence-corrected chi connectivity index (χ4v) is 5.25. The molecule has 6 nitrogen and oxygen atoms in total. The Bertz CT molecular complexity index is 681. The molecule has 0 aliphatic heterocycles. The first-order chi connectivity index (χ1) is 20.8. The van der Waals surface area contributed by atoms with Crippen LogP contribution in [0.1, 0.15) is 206 Å². The van der Waals surface area contributed by atoms with Crippen LogP contribution in [0.3, 0.4) is 0 Å². The smallest absolute Gasteiger partial charge is 0.759 e. The number of unbranched alkanes of at least 4 members (excludes halogenated alkanes) is 26. The van der Waals surface area contributed by atoms with Gasteiger partial charge in [0.05, 0.1) is 6.61 Å². The maximum Gasteiger partial charge on any atom is 1.00 e. The van der Waals surface area contributed by atoms with Crippen molar-refractivity contribution >= 4 is 16.4 Å². The van der Waals surface area contributed by atoms with Crippen molar-refractivity contribution in [2.75, 3.05) is 6.61 Å². The Balaban J connectivity index is -0.00000110. The van der Waals surface area contributed by atoms with Crippen LogP contribution in [0.4, 0.5) is 0 Å². The van der Waals surface area contributed by atoms with E-state index in [2.05, 4.69) is 26.0 Å². The van der Waals surface area contributed by atoms with Crippen molar-refractivity contribution in [3.63, 3.8) is 0 Å². The number of hydrogen-bond donors (Lipinski definition) is 0. The van der Waals surface area contributed by atoms with Crippen LogP contribution < -0.4 is 59.1 Å². The van der Waals surface area contributed by atoms with Gasteiger partial charge in [0.15, 0.2) is 0 Å². The van der Waals surface area contributed by atoms with Crippen LogP contribution in [0, 0.1) is 0 Å². The number of allylic oxidation sites excluding steroid dienone is 2. The van der Waals surface area contributed by atoms with Gasteiger partial charge < -0.3 is 13.8 Å². The third-order valence-electron chi connectivity index (χ3n) is 7.90. The van der Waals surface area contributed by atoms with Gasteiger partial charge in [-0.1, -0.05) is 174 Å². The number of rotatable bonds is 32. The average molecular weight is 677 g/mol. The normalized spacial score (nSPS) is 11.0. The summed E-state index contributed by atoms with van der Waals surface area (Å²) in [4.78, 5) is 11.9. The topological polar surface area (TPSA) is 107 Å². The Hall–Kier alpha value is 1.08. The van der Waals surface area contributed by atoms with E-state index in [0.29, 0.717) is 13.0 Å². The quantitative estimate of drug-likeness (QED) is 0.0233. The van der Waals surface area contributed by atoms with Gasteiger partial charge in [-0.05, 0) is 38.5 Å². The average Bonchev–Trinajstić information content (AvgIpc) is 2.96. The first-order valence-electron chi connectivity index (χ1n) is 18.3. The molecule has 0 radical (unpaired) electrons. The van der Waals surface area contributed by atoms with Crippen LogP contribution in [0.25, 0.3) is 0 Å². The molecule has 45 heavy (non-hydrogen) atoms. The minimum atomic E-state index is -5.17. The Morgan fingerprint density at radius 3 is 1.09 bits per heavy atom. The second kappa shape index (κ2) is 45.1. The molecule has 0 amide bonds. The van der Waals surface area contributed by atoms with Gasteiger partial charge in [0.25, 0.3) is 0 Å². The number of hydrogen-bond acceptors (Lipinski definition) is 6. The zero-order valence-electron chi connectivity index (χ0n) is 30.4. The molecule has 0 rings (SSSR count). The van der Waals surface area contributed by atoms with Crippen LogP contribution >= 0.6 is 0 Å². The van der Waals surface area contributed by atoms with Crippen molar-refractivity contribution in [1.29, 1.82) is 0 Å². The molecule has 0 aromatic heterocycles. The summed E-state index contributed by atoms with van der Waals surface area (Å²) in [5.74, 6) is 0.0208. The predicted octanol–water partition coefficient (Wildman–Crippen LogP) is 5.50. The van der Waals surface area contributed by atoms with Gasteiger partial charge in [-0.25, -0.2) is 0 Å². The molecule has 0 aliphatic rings. The molecule has 0 atom stereocenters. The maximum atomic E-state index is 11.9. The Labute approximate surface area is 325 Å². The summed E-state index contributed by atoms with van der Waals surface area (Å²) in [5, 5.41) is 0. The molecular formula is C36H70Na2O6S. The first kappa shape index (κ1) is 52.9. The number of carbonyl (C=O) groups is 1. The molecule has 0 bridgehead atoms. The van der Waals surface area contributed by atoms with E-state index >= 15 is 0 Å². The van der Waals surface area contributed by atoms with E-state index in [1.165, 1.54) is 173 Å². The number of ether oxygens (including phenoxy) is 1.